The predicted molar refractivity (Wildman–Crippen MR) is 254 cm³/mol. The van der Waals surface area contributed by atoms with Crippen molar-refractivity contribution in [3.8, 4) is 0 Å². The fraction of sp³-hybridized carbons (Fsp3) is 0.723. The molecule has 3 aliphatic rings. The monoisotopic (exact) mass is 884 g/mol. The molecule has 0 aromatic carbocycles. The van der Waals surface area contributed by atoms with E-state index in [0.29, 0.717) is 0 Å². The maximum absolute atomic E-state index is 4.47. The van der Waals surface area contributed by atoms with E-state index in [4.69, 9.17) is 0 Å². The molecule has 0 radical (unpaired) electrons. The van der Waals surface area contributed by atoms with Crippen LogP contribution in [0.5, 0.6) is 0 Å². The highest BCUT2D eigenvalue weighted by Gasteiger charge is 2.34. The van der Waals surface area contributed by atoms with Crippen LogP contribution in [-0.2, 0) is 80.2 Å². The first kappa shape index (κ1) is 51.5. The average molecular weight is 884 g/mol. The lowest BCUT2D eigenvalue weighted by Gasteiger charge is -2.16. The fourth-order valence-electron chi connectivity index (χ4n) is 7.08. The third-order valence-electron chi connectivity index (χ3n) is 10.8. The summed E-state index contributed by atoms with van der Waals surface area (Å²) in [6.45, 7) is 46.8. The molecule has 17 nitrogen and oxygen atoms in total. The van der Waals surface area contributed by atoms with Gasteiger partial charge in [-0.2, -0.15) is 10.2 Å². The summed E-state index contributed by atoms with van der Waals surface area (Å²) in [5, 5.41) is 40.9. The molecule has 1 aliphatic carbocycles. The minimum Gasteiger partial charge on any atom is -0.318 e. The third-order valence-corrected chi connectivity index (χ3v) is 10.8. The molecule has 0 fully saturated rings. The van der Waals surface area contributed by atoms with Crippen molar-refractivity contribution < 1.29 is 0 Å². The van der Waals surface area contributed by atoms with Crippen molar-refractivity contribution in [2.24, 2.45) is 28.2 Å². The maximum atomic E-state index is 4.47. The molecule has 354 valence electrons. The predicted octanol–water partition coefficient (Wildman–Crippen LogP) is 7.76. The van der Waals surface area contributed by atoms with Gasteiger partial charge >= 0.3 is 0 Å². The standard InChI is InChI=1S/C9H14N2.3C8H15N3.2C7H11N3/c1-9(2,3)8-6-5-7(6)11(4)10-8;1-6-9-10-7(11(6)5)8(2,3)4;1-6-9-7(8(2,3)4)11(5)10-6;1-6-7(8(2,3)4)9-10-11(6)5;1-7(2,3)6-9-8-5-4-10(5)6;1-7(2,3)6-5-4-10(5)9-8-6/h5H2,1-4H3;3*1-5H3;2*4H2,1-3H3. The Labute approximate surface area is 383 Å². The SMILES string of the molecule is CC(C)(C)c1nnc2n1C2.CC(C)(C)c1nnn2c1C2.Cc1c(C(C)(C)C)nnn1C.Cc1nc(C(C)(C)C)n(C)n1.Cc1nnc(C(C)(C)C)n1C.Cn1nc(C(C)(C)C)c2c1C2. The van der Waals surface area contributed by atoms with Gasteiger partial charge in [-0.1, -0.05) is 135 Å². The number of hydrogen-bond acceptors (Lipinski definition) is 11. The summed E-state index contributed by atoms with van der Waals surface area (Å²) in [6, 6.07) is 0. The smallest absolute Gasteiger partial charge is 0.153 e. The molecule has 0 amide bonds. The molecular formula is C47H81N17. The first-order valence-electron chi connectivity index (χ1n) is 22.5. The summed E-state index contributed by atoms with van der Waals surface area (Å²) in [6.07, 6.45) is 1.17. The van der Waals surface area contributed by atoms with Crippen LogP contribution >= 0.6 is 0 Å². The van der Waals surface area contributed by atoms with E-state index in [9.17, 15) is 0 Å². The van der Waals surface area contributed by atoms with Crippen LogP contribution in [0.25, 0.3) is 0 Å². The molecule has 0 spiro atoms. The van der Waals surface area contributed by atoms with E-state index in [1.165, 1.54) is 29.1 Å². The van der Waals surface area contributed by atoms with Gasteiger partial charge in [-0.05, 0) is 20.8 Å². The molecule has 0 unspecified atom stereocenters. The fourth-order valence-corrected chi connectivity index (χ4v) is 7.08. The van der Waals surface area contributed by atoms with Gasteiger partial charge in [0.15, 0.2) is 5.82 Å². The number of aromatic nitrogens is 17. The molecule has 6 aromatic rings. The Morgan fingerprint density at radius 1 is 0.438 bits per heavy atom. The van der Waals surface area contributed by atoms with Gasteiger partial charge < -0.3 is 9.13 Å². The van der Waals surface area contributed by atoms with Gasteiger partial charge in [0.05, 0.1) is 41.6 Å². The minimum atomic E-state index is 0.0933. The highest BCUT2D eigenvalue weighted by atomic mass is 15.5. The zero-order valence-corrected chi connectivity index (χ0v) is 44.2. The second-order valence-electron chi connectivity index (χ2n) is 23.5. The molecule has 17 heteroatoms. The van der Waals surface area contributed by atoms with Crippen LogP contribution in [-0.4, -0.2) is 84.1 Å². The summed E-state index contributed by atoms with van der Waals surface area (Å²) < 4.78 is 11.8. The van der Waals surface area contributed by atoms with Crippen LogP contribution in [0.2, 0.25) is 0 Å². The Balaban J connectivity index is 0.000000168. The van der Waals surface area contributed by atoms with Crippen molar-refractivity contribution in [1.82, 2.24) is 84.1 Å². The molecule has 0 bridgehead atoms. The Kier molecular flexibility index (Phi) is 14.5. The summed E-state index contributed by atoms with van der Waals surface area (Å²) in [5.41, 5.74) is 9.75. The Hall–Kier alpha value is -5.09. The van der Waals surface area contributed by atoms with E-state index < -0.39 is 0 Å². The van der Waals surface area contributed by atoms with Gasteiger partial charge in [-0.15, -0.1) is 30.6 Å². The highest BCUT2D eigenvalue weighted by molar-refractivity contribution is 5.46. The summed E-state index contributed by atoms with van der Waals surface area (Å²) in [7, 11) is 7.87. The zero-order valence-electron chi connectivity index (χ0n) is 44.2. The zero-order chi connectivity index (χ0) is 48.9. The number of nitrogens with zero attached hydrogens (tertiary/aromatic N) is 17. The van der Waals surface area contributed by atoms with Gasteiger partial charge in [0.25, 0.3) is 0 Å². The molecule has 64 heavy (non-hydrogen) atoms. The molecule has 0 atom stereocenters. The van der Waals surface area contributed by atoms with Crippen LogP contribution in [0.1, 0.15) is 199 Å². The van der Waals surface area contributed by atoms with Gasteiger partial charge in [0.2, 0.25) is 0 Å². The summed E-state index contributed by atoms with van der Waals surface area (Å²) in [4.78, 5) is 4.33. The van der Waals surface area contributed by atoms with Gasteiger partial charge in [0.1, 0.15) is 29.1 Å². The van der Waals surface area contributed by atoms with Crippen LogP contribution in [0.15, 0.2) is 0 Å². The summed E-state index contributed by atoms with van der Waals surface area (Å²) >= 11 is 0. The van der Waals surface area contributed by atoms with Gasteiger partial charge in [-0.3, -0.25) is 14.0 Å². The number of aryl methyl sites for hydroxylation is 5. The molecular weight excluding hydrogens is 803 g/mol. The molecule has 2 aliphatic heterocycles. The van der Waals surface area contributed by atoms with Crippen molar-refractivity contribution in [1.29, 1.82) is 0 Å². The second kappa shape index (κ2) is 18.1. The Morgan fingerprint density at radius 2 is 0.953 bits per heavy atom. The quantitative estimate of drug-likeness (QED) is 0.146. The van der Waals surface area contributed by atoms with E-state index in [-0.39, 0.29) is 32.5 Å². The van der Waals surface area contributed by atoms with Crippen LogP contribution < -0.4 is 0 Å². The number of hydrogen-bond donors (Lipinski definition) is 0. The maximum Gasteiger partial charge on any atom is 0.153 e. The lowest BCUT2D eigenvalue weighted by Crippen LogP contribution is -2.17. The second-order valence-corrected chi connectivity index (χ2v) is 23.5. The molecule has 9 rings (SSSR count). The van der Waals surface area contributed by atoms with Crippen LogP contribution in [0, 0.1) is 20.8 Å². The van der Waals surface area contributed by atoms with Crippen molar-refractivity contribution in [3.05, 3.63) is 74.7 Å². The lowest BCUT2D eigenvalue weighted by molar-refractivity contribution is 0.506. The lowest BCUT2D eigenvalue weighted by atomic mass is 9.91. The van der Waals surface area contributed by atoms with Gasteiger partial charge in [-0.25, -0.2) is 9.67 Å². The Bertz CT molecular complexity index is 2340. The molecule has 0 N–H and O–H groups in total. The first-order chi connectivity index (χ1) is 28.9. The minimum absolute atomic E-state index is 0.0933. The Morgan fingerprint density at radius 3 is 1.14 bits per heavy atom. The van der Waals surface area contributed by atoms with E-state index in [0.717, 1.165) is 65.1 Å². The number of rotatable bonds is 0. The molecule has 6 aromatic heterocycles. The normalized spacial score (nSPS) is 13.5. The van der Waals surface area contributed by atoms with Crippen molar-refractivity contribution >= 4 is 0 Å². The van der Waals surface area contributed by atoms with Crippen LogP contribution in [0.3, 0.4) is 0 Å². The topological polar surface area (TPSA) is 171 Å². The molecule has 0 saturated carbocycles. The largest absolute Gasteiger partial charge is 0.318 e. The van der Waals surface area contributed by atoms with E-state index in [1.807, 2.05) is 67.6 Å². The third kappa shape index (κ3) is 13.0. The summed E-state index contributed by atoms with van der Waals surface area (Å²) in [5.74, 6) is 6.13. The highest BCUT2D eigenvalue weighted by Crippen LogP contribution is 2.37. The molecule has 8 heterocycles. The average Bonchev–Trinajstić information content (AvgIpc) is 4.01. The van der Waals surface area contributed by atoms with Crippen molar-refractivity contribution in [3.63, 3.8) is 0 Å². The van der Waals surface area contributed by atoms with Crippen LogP contribution in [0.4, 0.5) is 0 Å². The van der Waals surface area contributed by atoms with Crippen molar-refractivity contribution in [2.45, 2.75) is 197 Å². The first-order valence-corrected chi connectivity index (χ1v) is 22.5. The van der Waals surface area contributed by atoms with E-state index >= 15 is 0 Å². The van der Waals surface area contributed by atoms with E-state index in [2.05, 4.69) is 185 Å². The molecule has 0 saturated heterocycles. The van der Waals surface area contributed by atoms with E-state index in [1.54, 1.807) is 4.68 Å². The number of fused-ring (bicyclic) bond motifs is 3. The van der Waals surface area contributed by atoms with Gasteiger partial charge in [0, 0.05) is 78.4 Å². The van der Waals surface area contributed by atoms with Crippen molar-refractivity contribution in [2.75, 3.05) is 0 Å².